The van der Waals surface area contributed by atoms with Crippen LogP contribution in [0.3, 0.4) is 0 Å². The van der Waals surface area contributed by atoms with E-state index in [1.54, 1.807) is 6.08 Å². The van der Waals surface area contributed by atoms with Crippen molar-refractivity contribution in [3.8, 4) is 0 Å². The molecule has 6 nitrogen and oxygen atoms in total. The van der Waals surface area contributed by atoms with Crippen molar-refractivity contribution in [1.29, 1.82) is 0 Å². The van der Waals surface area contributed by atoms with Crippen LogP contribution >= 0.6 is 0 Å². The third kappa shape index (κ3) is 43.2. The van der Waals surface area contributed by atoms with Gasteiger partial charge >= 0.3 is 17.9 Å². The van der Waals surface area contributed by atoms with Crippen molar-refractivity contribution in [2.75, 3.05) is 13.2 Å². The minimum absolute atomic E-state index is 0.0904. The van der Waals surface area contributed by atoms with E-state index in [-0.39, 0.29) is 31.6 Å². The fourth-order valence-electron chi connectivity index (χ4n) is 5.68. The Labute approximate surface area is 355 Å². The fraction of sp³-hybridized carbons (Fsp3) is 0.596. The molecule has 1 unspecified atom stereocenters. The van der Waals surface area contributed by atoms with E-state index in [2.05, 4.69) is 118 Å². The van der Waals surface area contributed by atoms with Gasteiger partial charge in [0.15, 0.2) is 6.10 Å². The Balaban J connectivity index is 4.42. The zero-order chi connectivity index (χ0) is 42.3. The number of carbonyl (C=O) groups excluding carboxylic acids is 3. The molecule has 0 bridgehead atoms. The second-order valence-electron chi connectivity index (χ2n) is 14.6. The van der Waals surface area contributed by atoms with E-state index in [0.717, 1.165) is 103 Å². The molecular formula is C52H82O6. The summed E-state index contributed by atoms with van der Waals surface area (Å²) in [6, 6.07) is 0. The van der Waals surface area contributed by atoms with E-state index >= 15 is 0 Å². The van der Waals surface area contributed by atoms with Crippen LogP contribution in [0.2, 0.25) is 0 Å². The predicted octanol–water partition coefficient (Wildman–Crippen LogP) is 14.8. The van der Waals surface area contributed by atoms with Gasteiger partial charge in [-0.2, -0.15) is 0 Å². The van der Waals surface area contributed by atoms with Gasteiger partial charge in [0.1, 0.15) is 13.2 Å². The van der Waals surface area contributed by atoms with Gasteiger partial charge in [0.25, 0.3) is 0 Å². The molecule has 58 heavy (non-hydrogen) atoms. The predicted molar refractivity (Wildman–Crippen MR) is 247 cm³/mol. The van der Waals surface area contributed by atoms with Gasteiger partial charge in [0.2, 0.25) is 0 Å². The summed E-state index contributed by atoms with van der Waals surface area (Å²) in [5, 5.41) is 0. The molecule has 0 heterocycles. The number of rotatable bonds is 39. The Morgan fingerprint density at radius 2 is 0.724 bits per heavy atom. The summed E-state index contributed by atoms with van der Waals surface area (Å²) in [7, 11) is 0. The van der Waals surface area contributed by atoms with Crippen LogP contribution in [0.4, 0.5) is 0 Å². The van der Waals surface area contributed by atoms with Crippen LogP contribution in [0.1, 0.15) is 181 Å². The average Bonchev–Trinajstić information content (AvgIpc) is 3.22. The minimum Gasteiger partial charge on any atom is -0.462 e. The Bertz CT molecular complexity index is 1240. The highest BCUT2D eigenvalue weighted by atomic mass is 16.6. The SMILES string of the molecule is CC/C=C\C/C=C\C/C=C\C/C=C\C/C=C\CC(=O)OC(COC(=O)CCCCCCCC)COC(=O)CCCCCCCC/C=C\C/C=C\C/C=C\C/C=C\CC. The third-order valence-electron chi connectivity index (χ3n) is 9.06. The van der Waals surface area contributed by atoms with Crippen molar-refractivity contribution in [1.82, 2.24) is 0 Å². The topological polar surface area (TPSA) is 78.9 Å². The normalized spacial score (nSPS) is 13.1. The fourth-order valence-corrected chi connectivity index (χ4v) is 5.68. The molecule has 0 radical (unpaired) electrons. The van der Waals surface area contributed by atoms with Gasteiger partial charge in [-0.3, -0.25) is 14.4 Å². The van der Waals surface area contributed by atoms with Gasteiger partial charge in [-0.05, 0) is 83.5 Å². The smallest absolute Gasteiger partial charge is 0.310 e. The largest absolute Gasteiger partial charge is 0.462 e. The lowest BCUT2D eigenvalue weighted by molar-refractivity contribution is -0.166. The molecule has 1 atom stereocenters. The van der Waals surface area contributed by atoms with Crippen LogP contribution in [0.5, 0.6) is 0 Å². The van der Waals surface area contributed by atoms with Crippen LogP contribution < -0.4 is 0 Å². The second-order valence-corrected chi connectivity index (χ2v) is 14.6. The highest BCUT2D eigenvalue weighted by Gasteiger charge is 2.19. The van der Waals surface area contributed by atoms with E-state index in [0.29, 0.717) is 19.3 Å². The molecule has 0 N–H and O–H groups in total. The summed E-state index contributed by atoms with van der Waals surface area (Å²) in [6.07, 6.45) is 61.2. The Morgan fingerprint density at radius 3 is 1.14 bits per heavy atom. The summed E-state index contributed by atoms with van der Waals surface area (Å²) in [6.45, 7) is 6.22. The molecule has 0 aliphatic rings. The Hall–Kier alpha value is -3.93. The van der Waals surface area contributed by atoms with Gasteiger partial charge < -0.3 is 14.2 Å². The number of carbonyl (C=O) groups is 3. The molecular weight excluding hydrogens is 721 g/mol. The molecule has 0 aliphatic heterocycles. The van der Waals surface area contributed by atoms with Crippen LogP contribution in [-0.2, 0) is 28.6 Å². The van der Waals surface area contributed by atoms with E-state index < -0.39 is 12.1 Å². The molecule has 0 saturated heterocycles. The number of unbranched alkanes of at least 4 members (excludes halogenated alkanes) is 11. The van der Waals surface area contributed by atoms with Crippen molar-refractivity contribution < 1.29 is 28.6 Å². The van der Waals surface area contributed by atoms with Gasteiger partial charge in [0, 0.05) is 12.8 Å². The van der Waals surface area contributed by atoms with Crippen molar-refractivity contribution in [2.45, 2.75) is 187 Å². The van der Waals surface area contributed by atoms with E-state index in [4.69, 9.17) is 14.2 Å². The lowest BCUT2D eigenvalue weighted by atomic mass is 10.1. The van der Waals surface area contributed by atoms with E-state index in [1.165, 1.54) is 32.1 Å². The van der Waals surface area contributed by atoms with Gasteiger partial charge in [0.05, 0.1) is 6.42 Å². The molecule has 0 spiro atoms. The maximum atomic E-state index is 12.6. The van der Waals surface area contributed by atoms with Crippen LogP contribution in [0.25, 0.3) is 0 Å². The monoisotopic (exact) mass is 803 g/mol. The second kappa shape index (κ2) is 45.8. The minimum atomic E-state index is -0.835. The number of esters is 3. The first-order valence-corrected chi connectivity index (χ1v) is 22.9. The Morgan fingerprint density at radius 1 is 0.379 bits per heavy atom. The summed E-state index contributed by atoms with van der Waals surface area (Å²) in [5.74, 6) is -1.09. The maximum absolute atomic E-state index is 12.6. The van der Waals surface area contributed by atoms with Crippen molar-refractivity contribution in [3.05, 3.63) is 109 Å². The molecule has 0 aromatic rings. The number of hydrogen-bond donors (Lipinski definition) is 0. The molecule has 0 fully saturated rings. The molecule has 0 aromatic heterocycles. The number of ether oxygens (including phenoxy) is 3. The van der Waals surface area contributed by atoms with Crippen molar-refractivity contribution in [3.63, 3.8) is 0 Å². The molecule has 0 amide bonds. The van der Waals surface area contributed by atoms with Crippen molar-refractivity contribution >= 4 is 17.9 Å². The zero-order valence-electron chi connectivity index (χ0n) is 37.0. The molecule has 0 aromatic carbocycles. The molecule has 326 valence electrons. The first-order valence-electron chi connectivity index (χ1n) is 22.9. The van der Waals surface area contributed by atoms with Crippen LogP contribution in [0, 0.1) is 0 Å². The lowest BCUT2D eigenvalue weighted by Crippen LogP contribution is -2.30. The van der Waals surface area contributed by atoms with Gasteiger partial charge in [-0.25, -0.2) is 0 Å². The first kappa shape index (κ1) is 54.1. The molecule has 0 rings (SSSR count). The van der Waals surface area contributed by atoms with E-state index in [9.17, 15) is 14.4 Å². The summed E-state index contributed by atoms with van der Waals surface area (Å²) >= 11 is 0. The lowest BCUT2D eigenvalue weighted by Gasteiger charge is -2.18. The zero-order valence-corrected chi connectivity index (χ0v) is 37.0. The molecule has 0 saturated carbocycles. The summed E-state index contributed by atoms with van der Waals surface area (Å²) < 4.78 is 16.5. The molecule has 6 heteroatoms. The van der Waals surface area contributed by atoms with Crippen molar-refractivity contribution in [2.24, 2.45) is 0 Å². The summed E-state index contributed by atoms with van der Waals surface area (Å²) in [4.78, 5) is 37.5. The number of hydrogen-bond acceptors (Lipinski definition) is 6. The third-order valence-corrected chi connectivity index (χ3v) is 9.06. The average molecular weight is 803 g/mol. The van der Waals surface area contributed by atoms with Gasteiger partial charge in [-0.15, -0.1) is 0 Å². The highest BCUT2D eigenvalue weighted by Crippen LogP contribution is 2.11. The quantitative estimate of drug-likeness (QED) is 0.0267. The van der Waals surface area contributed by atoms with Crippen LogP contribution in [-0.4, -0.2) is 37.2 Å². The summed E-state index contributed by atoms with van der Waals surface area (Å²) in [5.41, 5.74) is 0. The van der Waals surface area contributed by atoms with Gasteiger partial charge in [-0.1, -0.05) is 188 Å². The Kier molecular flexibility index (Phi) is 42.7. The first-order chi connectivity index (χ1) is 28.5. The van der Waals surface area contributed by atoms with E-state index in [1.807, 2.05) is 6.08 Å². The van der Waals surface area contributed by atoms with Crippen LogP contribution in [0.15, 0.2) is 109 Å². The standard InChI is InChI=1S/C52H82O6/c1-4-7-10-13-16-18-20-22-24-25-26-27-29-30-32-34-36-39-42-45-51(54)57-48-49(47-56-50(53)44-41-38-15-12-9-6-3)58-52(55)46-43-40-37-35-33-31-28-23-21-19-17-14-11-8-5-2/h7-8,10-11,16-19,22-24,26-28,33,35,40,43,49H,4-6,9,12-15,20-21,25,29-32,34,36-39,41-42,44-48H2,1-3H3/b10-7-,11-8-,18-16-,19-17-,24-22-,27-26-,28-23-,35-33-,43-40-. The highest BCUT2D eigenvalue weighted by molar-refractivity contribution is 5.72. The molecule has 0 aliphatic carbocycles. The maximum Gasteiger partial charge on any atom is 0.310 e. The number of allylic oxidation sites excluding steroid dienone is 17.